The molecule has 0 aromatic rings. The Morgan fingerprint density at radius 1 is 1.17 bits per heavy atom. The Hall–Kier alpha value is -0.650. The van der Waals surface area contributed by atoms with Gasteiger partial charge in [0.05, 0.1) is 6.61 Å². The number of esters is 1. The Balaban J connectivity index is 1.99. The maximum atomic E-state index is 11.6. The van der Waals surface area contributed by atoms with Crippen molar-refractivity contribution in [2.75, 3.05) is 19.8 Å². The van der Waals surface area contributed by atoms with E-state index >= 15 is 0 Å². The number of fused-ring (bicyclic) bond motifs is 1. The molecule has 2 aliphatic rings. The van der Waals surface area contributed by atoms with Gasteiger partial charge in [-0.3, -0.25) is 0 Å². The fourth-order valence-electron chi connectivity index (χ4n) is 2.43. The second kappa shape index (κ2) is 5.99. The molecule has 2 aliphatic heterocycles. The van der Waals surface area contributed by atoms with E-state index in [9.17, 15) is 9.90 Å². The zero-order chi connectivity index (χ0) is 13.0. The summed E-state index contributed by atoms with van der Waals surface area (Å²) in [5.41, 5.74) is -1.56. The lowest BCUT2D eigenvalue weighted by Crippen LogP contribution is -2.46. The molecular weight excluding hydrogens is 236 g/mol. The smallest absolute Gasteiger partial charge is 0.341 e. The number of rotatable bonds is 0. The fraction of sp³-hybridized carbons (Fsp3) is 0.923. The summed E-state index contributed by atoms with van der Waals surface area (Å²) in [4.78, 5) is 11.6. The van der Waals surface area contributed by atoms with Crippen molar-refractivity contribution in [3.05, 3.63) is 0 Å². The molecule has 0 aromatic carbocycles. The fourth-order valence-corrected chi connectivity index (χ4v) is 2.43. The first kappa shape index (κ1) is 13.8. The average Bonchev–Trinajstić information content (AvgIpc) is 2.51. The first-order chi connectivity index (χ1) is 8.62. The second-order valence-corrected chi connectivity index (χ2v) is 5.23. The maximum absolute atomic E-state index is 11.6. The van der Waals surface area contributed by atoms with E-state index in [4.69, 9.17) is 14.2 Å². The summed E-state index contributed by atoms with van der Waals surface area (Å²) >= 11 is 0. The summed E-state index contributed by atoms with van der Waals surface area (Å²) in [6.45, 7) is 2.97. The highest BCUT2D eigenvalue weighted by Gasteiger charge is 2.54. The van der Waals surface area contributed by atoms with E-state index in [1.165, 1.54) is 13.3 Å². The predicted molar refractivity (Wildman–Crippen MR) is 64.1 cm³/mol. The molecule has 3 atom stereocenters. The molecule has 0 saturated carbocycles. The lowest BCUT2D eigenvalue weighted by atomic mass is 9.98. The summed E-state index contributed by atoms with van der Waals surface area (Å²) in [6, 6.07) is 0. The standard InChI is InChI=1S/C13H22O5/c1-13(15)11-10(18-12(13)14)9-16-7-5-3-2-4-6-8-17-11/h10-11,15H,2-9H2,1H3/t10-,11-,13+/m1/s1. The third kappa shape index (κ3) is 3.02. The number of hydrogen-bond donors (Lipinski definition) is 1. The third-order valence-corrected chi connectivity index (χ3v) is 3.58. The summed E-state index contributed by atoms with van der Waals surface area (Å²) in [5, 5.41) is 10.1. The molecule has 0 spiro atoms. The molecule has 2 rings (SSSR count). The van der Waals surface area contributed by atoms with Gasteiger partial charge in [0.15, 0.2) is 11.7 Å². The quantitative estimate of drug-likeness (QED) is 0.657. The van der Waals surface area contributed by atoms with Crippen LogP contribution in [-0.4, -0.2) is 48.7 Å². The molecule has 2 heterocycles. The summed E-state index contributed by atoms with van der Waals surface area (Å²) in [7, 11) is 0. The van der Waals surface area contributed by atoms with Gasteiger partial charge >= 0.3 is 5.97 Å². The van der Waals surface area contributed by atoms with Crippen LogP contribution in [0, 0.1) is 0 Å². The molecule has 18 heavy (non-hydrogen) atoms. The van der Waals surface area contributed by atoms with Crippen LogP contribution in [0.3, 0.4) is 0 Å². The Morgan fingerprint density at radius 3 is 2.61 bits per heavy atom. The molecular formula is C13H22O5. The Bertz CT molecular complexity index is 289. The zero-order valence-electron chi connectivity index (χ0n) is 10.9. The summed E-state index contributed by atoms with van der Waals surface area (Å²) < 4.78 is 16.3. The van der Waals surface area contributed by atoms with Crippen LogP contribution in [0.5, 0.6) is 0 Å². The van der Waals surface area contributed by atoms with Gasteiger partial charge in [-0.05, 0) is 19.8 Å². The normalized spacial score (nSPS) is 39.3. The molecule has 0 radical (unpaired) electrons. The van der Waals surface area contributed by atoms with E-state index in [0.717, 1.165) is 25.7 Å². The van der Waals surface area contributed by atoms with Crippen molar-refractivity contribution < 1.29 is 24.1 Å². The van der Waals surface area contributed by atoms with E-state index in [1.54, 1.807) is 0 Å². The number of carbonyl (C=O) groups is 1. The van der Waals surface area contributed by atoms with Gasteiger partial charge in [0.25, 0.3) is 0 Å². The van der Waals surface area contributed by atoms with Crippen LogP contribution in [-0.2, 0) is 19.0 Å². The first-order valence-electron chi connectivity index (χ1n) is 6.75. The minimum Gasteiger partial charge on any atom is -0.455 e. The van der Waals surface area contributed by atoms with Gasteiger partial charge in [0, 0.05) is 13.2 Å². The molecule has 0 aromatic heterocycles. The van der Waals surface area contributed by atoms with E-state index < -0.39 is 23.8 Å². The first-order valence-corrected chi connectivity index (χ1v) is 6.75. The number of aliphatic hydroxyl groups is 1. The van der Waals surface area contributed by atoms with Gasteiger partial charge in [-0.15, -0.1) is 0 Å². The Labute approximate surface area is 107 Å². The molecule has 2 saturated heterocycles. The highest BCUT2D eigenvalue weighted by Crippen LogP contribution is 2.29. The van der Waals surface area contributed by atoms with Crippen LogP contribution in [0.2, 0.25) is 0 Å². The summed E-state index contributed by atoms with van der Waals surface area (Å²) in [5.74, 6) is -0.615. The van der Waals surface area contributed by atoms with Gasteiger partial charge in [-0.1, -0.05) is 19.3 Å². The molecule has 104 valence electrons. The van der Waals surface area contributed by atoms with Gasteiger partial charge in [-0.2, -0.15) is 0 Å². The monoisotopic (exact) mass is 258 g/mol. The van der Waals surface area contributed by atoms with Crippen molar-refractivity contribution in [1.82, 2.24) is 0 Å². The summed E-state index contributed by atoms with van der Waals surface area (Å²) in [6.07, 6.45) is 4.31. The molecule has 1 N–H and O–H groups in total. The van der Waals surface area contributed by atoms with Crippen molar-refractivity contribution in [1.29, 1.82) is 0 Å². The van der Waals surface area contributed by atoms with Crippen molar-refractivity contribution in [2.24, 2.45) is 0 Å². The zero-order valence-corrected chi connectivity index (χ0v) is 10.9. The molecule has 0 amide bonds. The van der Waals surface area contributed by atoms with E-state index in [1.807, 2.05) is 0 Å². The van der Waals surface area contributed by atoms with Gasteiger partial charge in [0.2, 0.25) is 0 Å². The highest BCUT2D eigenvalue weighted by atomic mass is 16.6. The minimum atomic E-state index is -1.56. The lowest BCUT2D eigenvalue weighted by molar-refractivity contribution is -0.156. The predicted octanol–water partition coefficient (Wildman–Crippen LogP) is 1.03. The molecule has 0 bridgehead atoms. The Morgan fingerprint density at radius 2 is 1.83 bits per heavy atom. The largest absolute Gasteiger partial charge is 0.455 e. The van der Waals surface area contributed by atoms with Gasteiger partial charge in [-0.25, -0.2) is 4.79 Å². The number of hydrogen-bond acceptors (Lipinski definition) is 5. The van der Waals surface area contributed by atoms with Crippen molar-refractivity contribution in [2.45, 2.75) is 56.8 Å². The van der Waals surface area contributed by atoms with Gasteiger partial charge in [0.1, 0.15) is 6.10 Å². The third-order valence-electron chi connectivity index (χ3n) is 3.58. The van der Waals surface area contributed by atoms with Crippen LogP contribution in [0.15, 0.2) is 0 Å². The minimum absolute atomic E-state index is 0.298. The van der Waals surface area contributed by atoms with Crippen LogP contribution in [0.25, 0.3) is 0 Å². The van der Waals surface area contributed by atoms with Crippen LogP contribution < -0.4 is 0 Å². The molecule has 2 fully saturated rings. The van der Waals surface area contributed by atoms with Crippen LogP contribution in [0.1, 0.15) is 39.0 Å². The molecule has 0 unspecified atom stereocenters. The van der Waals surface area contributed by atoms with E-state index in [-0.39, 0.29) is 0 Å². The number of ether oxygens (including phenoxy) is 3. The van der Waals surface area contributed by atoms with Crippen molar-refractivity contribution >= 4 is 5.97 Å². The number of carbonyl (C=O) groups excluding carboxylic acids is 1. The maximum Gasteiger partial charge on any atom is 0.341 e. The van der Waals surface area contributed by atoms with Crippen molar-refractivity contribution in [3.8, 4) is 0 Å². The molecule has 5 nitrogen and oxygen atoms in total. The average molecular weight is 258 g/mol. The van der Waals surface area contributed by atoms with Gasteiger partial charge < -0.3 is 19.3 Å². The SMILES string of the molecule is C[C@@]1(O)C(=O)O[C@@H]2COCCCCCCCO[C@H]21. The van der Waals surface area contributed by atoms with Crippen LogP contribution in [0.4, 0.5) is 0 Å². The van der Waals surface area contributed by atoms with Crippen LogP contribution >= 0.6 is 0 Å². The Kier molecular flexibility index (Phi) is 4.59. The lowest BCUT2D eigenvalue weighted by Gasteiger charge is -2.25. The second-order valence-electron chi connectivity index (χ2n) is 5.23. The topological polar surface area (TPSA) is 65.0 Å². The highest BCUT2D eigenvalue weighted by molar-refractivity contribution is 5.82. The molecule has 0 aliphatic carbocycles. The van der Waals surface area contributed by atoms with E-state index in [2.05, 4.69) is 0 Å². The van der Waals surface area contributed by atoms with Crippen molar-refractivity contribution in [3.63, 3.8) is 0 Å². The molecule has 5 heteroatoms. The van der Waals surface area contributed by atoms with E-state index in [0.29, 0.717) is 19.8 Å².